The van der Waals surface area contributed by atoms with Gasteiger partial charge in [0.25, 0.3) is 0 Å². The number of nitrogens with zero attached hydrogens (tertiary/aromatic N) is 1. The fourth-order valence-corrected chi connectivity index (χ4v) is 1.77. The van der Waals surface area contributed by atoms with Crippen LogP contribution in [-0.2, 0) is 4.79 Å². The van der Waals surface area contributed by atoms with Gasteiger partial charge in [-0.15, -0.1) is 0 Å². The highest BCUT2D eigenvalue weighted by Crippen LogP contribution is 2.26. The molecule has 1 amide bonds. The zero-order chi connectivity index (χ0) is 12.1. The number of carbonyl (C=O) groups is 1. The van der Waals surface area contributed by atoms with E-state index in [-0.39, 0.29) is 29.2 Å². The van der Waals surface area contributed by atoms with E-state index in [1.54, 1.807) is 13.0 Å². The Morgan fingerprint density at radius 3 is 2.81 bits per heavy atom. The van der Waals surface area contributed by atoms with Crippen LogP contribution in [0.3, 0.4) is 0 Å². The summed E-state index contributed by atoms with van der Waals surface area (Å²) in [6, 6.07) is 1.62. The summed E-state index contributed by atoms with van der Waals surface area (Å²) in [6.07, 6.45) is 0.665. The molecular weight excluding hydrogens is 251 g/mol. The van der Waals surface area contributed by atoms with Crippen LogP contribution in [0, 0.1) is 6.92 Å². The van der Waals surface area contributed by atoms with Crippen LogP contribution in [0.4, 0.5) is 5.69 Å². The average molecular weight is 263 g/mol. The fourth-order valence-electron chi connectivity index (χ4n) is 1.19. The Morgan fingerprint density at radius 1 is 1.56 bits per heavy atom. The molecular formula is C10H12Cl2N2O2. The smallest absolute Gasteiger partial charge is 0.224 e. The Morgan fingerprint density at radius 2 is 2.25 bits per heavy atom. The summed E-state index contributed by atoms with van der Waals surface area (Å²) in [5.74, 6) is -0.205. The van der Waals surface area contributed by atoms with E-state index in [4.69, 9.17) is 28.3 Å². The Labute approximate surface area is 104 Å². The Balaban J connectivity index is 2.77. The number of carbonyl (C=O) groups excluding carboxylic acids is 1. The van der Waals surface area contributed by atoms with Crippen LogP contribution in [0.2, 0.25) is 10.3 Å². The van der Waals surface area contributed by atoms with Crippen LogP contribution in [0.15, 0.2) is 6.07 Å². The van der Waals surface area contributed by atoms with Gasteiger partial charge in [-0.05, 0) is 25.0 Å². The van der Waals surface area contributed by atoms with Crippen LogP contribution in [0.5, 0.6) is 0 Å². The average Bonchev–Trinajstić information content (AvgIpc) is 2.20. The first kappa shape index (κ1) is 13.2. The molecule has 2 N–H and O–H groups in total. The molecule has 0 spiro atoms. The van der Waals surface area contributed by atoms with Crippen molar-refractivity contribution in [2.75, 3.05) is 11.9 Å². The number of pyridine rings is 1. The number of aryl methyl sites for hydroxylation is 1. The molecule has 4 nitrogen and oxygen atoms in total. The third-order valence-electron chi connectivity index (χ3n) is 1.97. The lowest BCUT2D eigenvalue weighted by Crippen LogP contribution is -2.13. The molecule has 1 heterocycles. The van der Waals surface area contributed by atoms with Gasteiger partial charge < -0.3 is 10.4 Å². The molecule has 0 bridgehead atoms. The van der Waals surface area contributed by atoms with E-state index in [2.05, 4.69) is 10.3 Å². The second-order valence-corrected chi connectivity index (χ2v) is 4.05. The van der Waals surface area contributed by atoms with Gasteiger partial charge in [0.15, 0.2) is 5.15 Å². The van der Waals surface area contributed by atoms with Crippen molar-refractivity contribution >= 4 is 34.8 Å². The normalized spacial score (nSPS) is 10.2. The maximum absolute atomic E-state index is 11.4. The van der Waals surface area contributed by atoms with E-state index in [9.17, 15) is 4.79 Å². The third-order valence-corrected chi connectivity index (χ3v) is 2.43. The summed E-state index contributed by atoms with van der Waals surface area (Å²) >= 11 is 11.6. The minimum atomic E-state index is -0.205. The molecule has 0 saturated carbocycles. The fraction of sp³-hybridized carbons (Fsp3) is 0.400. The van der Waals surface area contributed by atoms with E-state index >= 15 is 0 Å². The molecule has 0 unspecified atom stereocenters. The largest absolute Gasteiger partial charge is 0.396 e. The van der Waals surface area contributed by atoms with Gasteiger partial charge in [0, 0.05) is 13.0 Å². The van der Waals surface area contributed by atoms with Crippen LogP contribution in [0.25, 0.3) is 0 Å². The van der Waals surface area contributed by atoms with Gasteiger partial charge in [0.2, 0.25) is 5.91 Å². The lowest BCUT2D eigenvalue weighted by atomic mass is 10.2. The van der Waals surface area contributed by atoms with Gasteiger partial charge in [0.05, 0.1) is 5.69 Å². The topological polar surface area (TPSA) is 62.2 Å². The number of hydrogen-bond donors (Lipinski definition) is 2. The molecule has 0 fully saturated rings. The SMILES string of the molecule is Cc1cc(Cl)nc(Cl)c1NC(=O)CCCO. The minimum absolute atomic E-state index is 0.0149. The third kappa shape index (κ3) is 3.63. The highest BCUT2D eigenvalue weighted by Gasteiger charge is 2.10. The molecule has 0 aliphatic heterocycles. The summed E-state index contributed by atoms with van der Waals surface area (Å²) in [6.45, 7) is 1.76. The molecule has 0 atom stereocenters. The standard InChI is InChI=1S/C10H12Cl2N2O2/c1-6-5-7(11)13-10(12)9(6)14-8(16)3-2-4-15/h5,15H,2-4H2,1H3,(H,14,16). The monoisotopic (exact) mass is 262 g/mol. The summed E-state index contributed by atoms with van der Waals surface area (Å²) in [7, 11) is 0. The van der Waals surface area contributed by atoms with Crippen molar-refractivity contribution in [3.63, 3.8) is 0 Å². The maximum Gasteiger partial charge on any atom is 0.224 e. The predicted molar refractivity (Wildman–Crippen MR) is 63.9 cm³/mol. The molecule has 0 aromatic carbocycles. The number of hydrogen-bond acceptors (Lipinski definition) is 3. The van der Waals surface area contributed by atoms with Crippen LogP contribution in [-0.4, -0.2) is 22.6 Å². The number of amides is 1. The first-order chi connectivity index (χ1) is 7.54. The van der Waals surface area contributed by atoms with Gasteiger partial charge in [-0.1, -0.05) is 23.2 Å². The second kappa shape index (κ2) is 6.03. The predicted octanol–water partition coefficient (Wildman–Crippen LogP) is 2.41. The molecule has 88 valence electrons. The lowest BCUT2D eigenvalue weighted by molar-refractivity contribution is -0.116. The van der Waals surface area contributed by atoms with E-state index < -0.39 is 0 Å². The molecule has 0 aliphatic carbocycles. The summed E-state index contributed by atoms with van der Waals surface area (Å²) in [5, 5.41) is 11.7. The summed E-state index contributed by atoms with van der Waals surface area (Å²) < 4.78 is 0. The second-order valence-electron chi connectivity index (χ2n) is 3.30. The molecule has 0 radical (unpaired) electrons. The molecule has 6 heteroatoms. The quantitative estimate of drug-likeness (QED) is 0.820. The number of nitrogens with one attached hydrogen (secondary N) is 1. The highest BCUT2D eigenvalue weighted by atomic mass is 35.5. The molecule has 0 aliphatic rings. The number of halogens is 2. The Bertz CT molecular complexity index is 373. The van der Waals surface area contributed by atoms with E-state index in [1.165, 1.54) is 0 Å². The summed E-state index contributed by atoms with van der Waals surface area (Å²) in [4.78, 5) is 15.3. The van der Waals surface area contributed by atoms with E-state index in [0.29, 0.717) is 12.1 Å². The van der Waals surface area contributed by atoms with Gasteiger partial charge in [0.1, 0.15) is 5.15 Å². The van der Waals surface area contributed by atoms with Crippen molar-refractivity contribution in [3.05, 3.63) is 21.9 Å². The first-order valence-corrected chi connectivity index (χ1v) is 5.53. The zero-order valence-corrected chi connectivity index (χ0v) is 10.3. The maximum atomic E-state index is 11.4. The van der Waals surface area contributed by atoms with E-state index in [0.717, 1.165) is 5.56 Å². The van der Waals surface area contributed by atoms with Gasteiger partial charge in [-0.25, -0.2) is 4.98 Å². The molecule has 1 rings (SSSR count). The van der Waals surface area contributed by atoms with Crippen molar-refractivity contribution in [2.45, 2.75) is 19.8 Å². The molecule has 1 aromatic heterocycles. The number of rotatable bonds is 4. The van der Waals surface area contributed by atoms with Crippen molar-refractivity contribution in [1.29, 1.82) is 0 Å². The number of aliphatic hydroxyl groups excluding tert-OH is 1. The van der Waals surface area contributed by atoms with Crippen molar-refractivity contribution < 1.29 is 9.90 Å². The van der Waals surface area contributed by atoms with Crippen molar-refractivity contribution in [2.24, 2.45) is 0 Å². The molecule has 0 saturated heterocycles. The van der Waals surface area contributed by atoms with Crippen LogP contribution < -0.4 is 5.32 Å². The van der Waals surface area contributed by atoms with Crippen LogP contribution in [0.1, 0.15) is 18.4 Å². The number of aromatic nitrogens is 1. The van der Waals surface area contributed by atoms with Crippen molar-refractivity contribution in [3.8, 4) is 0 Å². The van der Waals surface area contributed by atoms with E-state index in [1.807, 2.05) is 0 Å². The first-order valence-electron chi connectivity index (χ1n) is 4.78. The van der Waals surface area contributed by atoms with Crippen LogP contribution >= 0.6 is 23.2 Å². The number of aliphatic hydroxyl groups is 1. The number of anilines is 1. The lowest BCUT2D eigenvalue weighted by Gasteiger charge is -2.09. The highest BCUT2D eigenvalue weighted by molar-refractivity contribution is 6.34. The van der Waals surface area contributed by atoms with Gasteiger partial charge in [-0.2, -0.15) is 0 Å². The molecule has 16 heavy (non-hydrogen) atoms. The Hall–Kier alpha value is -0.840. The molecule has 1 aromatic rings. The Kier molecular flexibility index (Phi) is 4.99. The minimum Gasteiger partial charge on any atom is -0.396 e. The van der Waals surface area contributed by atoms with Gasteiger partial charge in [-0.3, -0.25) is 4.79 Å². The zero-order valence-electron chi connectivity index (χ0n) is 8.76. The van der Waals surface area contributed by atoms with Gasteiger partial charge >= 0.3 is 0 Å². The summed E-state index contributed by atoms with van der Waals surface area (Å²) in [5.41, 5.74) is 1.22. The van der Waals surface area contributed by atoms with Crippen molar-refractivity contribution in [1.82, 2.24) is 4.98 Å².